The van der Waals surface area contributed by atoms with Crippen molar-refractivity contribution in [3.8, 4) is 17.3 Å². The van der Waals surface area contributed by atoms with Crippen LogP contribution < -0.4 is 0 Å². The summed E-state index contributed by atoms with van der Waals surface area (Å²) in [5, 5.41) is 19.6. The molecule has 0 aliphatic heterocycles. The van der Waals surface area contributed by atoms with Gasteiger partial charge in [0.15, 0.2) is 0 Å². The van der Waals surface area contributed by atoms with Crippen LogP contribution in [0.5, 0.6) is 0 Å². The second kappa shape index (κ2) is 5.06. The first-order chi connectivity index (χ1) is 8.72. The molecule has 88 valence electrons. The zero-order chi connectivity index (χ0) is 13.0. The van der Waals surface area contributed by atoms with Crippen LogP contribution in [-0.2, 0) is 6.42 Å². The lowest BCUT2D eigenvalue weighted by molar-refractivity contribution is -0.384. The van der Waals surface area contributed by atoms with Gasteiger partial charge in [-0.1, -0.05) is 30.3 Å². The van der Waals surface area contributed by atoms with Crippen LogP contribution in [0.2, 0.25) is 0 Å². The molecule has 2 rings (SSSR count). The van der Waals surface area contributed by atoms with Gasteiger partial charge in [0.25, 0.3) is 5.69 Å². The Bertz CT molecular complexity index is 618. The average Bonchev–Trinajstić information content (AvgIpc) is 2.40. The summed E-state index contributed by atoms with van der Waals surface area (Å²) in [6, 6.07) is 13.8. The number of nitrogens with zero attached hydrogens (tertiary/aromatic N) is 3. The van der Waals surface area contributed by atoms with Crippen LogP contribution in [0.1, 0.15) is 5.69 Å². The quantitative estimate of drug-likeness (QED) is 0.609. The minimum absolute atomic E-state index is 0.0529. The van der Waals surface area contributed by atoms with Gasteiger partial charge >= 0.3 is 0 Å². The van der Waals surface area contributed by atoms with Gasteiger partial charge < -0.3 is 0 Å². The predicted molar refractivity (Wildman–Crippen MR) is 65.6 cm³/mol. The molecule has 0 saturated carbocycles. The zero-order valence-electron chi connectivity index (χ0n) is 9.41. The van der Waals surface area contributed by atoms with Crippen molar-refractivity contribution in [2.75, 3.05) is 0 Å². The smallest absolute Gasteiger partial charge is 0.258 e. The van der Waals surface area contributed by atoms with Crippen LogP contribution in [0.4, 0.5) is 5.69 Å². The van der Waals surface area contributed by atoms with Gasteiger partial charge in [0.1, 0.15) is 5.69 Å². The van der Waals surface area contributed by atoms with E-state index in [9.17, 15) is 10.1 Å². The average molecular weight is 239 g/mol. The Labute approximate surface area is 103 Å². The van der Waals surface area contributed by atoms with Crippen LogP contribution in [0.15, 0.2) is 42.5 Å². The molecule has 0 radical (unpaired) electrons. The third kappa shape index (κ3) is 2.33. The van der Waals surface area contributed by atoms with E-state index in [2.05, 4.69) is 4.98 Å². The van der Waals surface area contributed by atoms with Gasteiger partial charge in [0.2, 0.25) is 0 Å². The van der Waals surface area contributed by atoms with Crippen molar-refractivity contribution in [1.82, 2.24) is 4.98 Å². The first-order valence-electron chi connectivity index (χ1n) is 5.29. The lowest BCUT2D eigenvalue weighted by atomic mass is 10.1. The van der Waals surface area contributed by atoms with Crippen LogP contribution >= 0.6 is 0 Å². The number of hydrogen-bond acceptors (Lipinski definition) is 4. The monoisotopic (exact) mass is 239 g/mol. The molecule has 1 aromatic carbocycles. The molecule has 0 atom stereocenters. The van der Waals surface area contributed by atoms with Crippen LogP contribution in [0, 0.1) is 21.4 Å². The van der Waals surface area contributed by atoms with Crippen LogP contribution in [-0.4, -0.2) is 9.91 Å². The van der Waals surface area contributed by atoms with E-state index < -0.39 is 4.92 Å². The molecule has 5 nitrogen and oxygen atoms in total. The van der Waals surface area contributed by atoms with Gasteiger partial charge in [0, 0.05) is 11.6 Å². The number of rotatable bonds is 3. The number of nitriles is 1. The fourth-order valence-electron chi connectivity index (χ4n) is 1.63. The summed E-state index contributed by atoms with van der Waals surface area (Å²) in [6.07, 6.45) is 0.137. The lowest BCUT2D eigenvalue weighted by Crippen LogP contribution is -1.98. The molecular weight excluding hydrogens is 230 g/mol. The number of aromatic nitrogens is 1. The van der Waals surface area contributed by atoms with Gasteiger partial charge in [0.05, 0.1) is 23.1 Å². The summed E-state index contributed by atoms with van der Waals surface area (Å²) in [7, 11) is 0. The molecule has 1 heterocycles. The topological polar surface area (TPSA) is 79.8 Å². The molecular formula is C13H9N3O2. The largest absolute Gasteiger partial charge is 0.295 e. The van der Waals surface area contributed by atoms with E-state index in [4.69, 9.17) is 5.26 Å². The van der Waals surface area contributed by atoms with Crippen molar-refractivity contribution in [3.63, 3.8) is 0 Å². The van der Waals surface area contributed by atoms with Crippen molar-refractivity contribution in [1.29, 1.82) is 5.26 Å². The van der Waals surface area contributed by atoms with Crippen LogP contribution in [0.25, 0.3) is 11.3 Å². The minimum Gasteiger partial charge on any atom is -0.258 e. The Morgan fingerprint density at radius 3 is 2.56 bits per heavy atom. The van der Waals surface area contributed by atoms with Crippen molar-refractivity contribution >= 4 is 5.69 Å². The Balaban J connectivity index is 2.58. The molecule has 0 bridgehead atoms. The molecule has 0 aliphatic rings. The maximum absolute atomic E-state index is 11.0. The summed E-state index contributed by atoms with van der Waals surface area (Å²) in [4.78, 5) is 14.7. The van der Waals surface area contributed by atoms with Crippen molar-refractivity contribution in [2.45, 2.75) is 6.42 Å². The summed E-state index contributed by atoms with van der Waals surface area (Å²) in [5.41, 5.74) is 1.45. The van der Waals surface area contributed by atoms with Gasteiger partial charge in [-0.25, -0.2) is 4.98 Å². The van der Waals surface area contributed by atoms with Crippen molar-refractivity contribution in [3.05, 3.63) is 58.3 Å². The van der Waals surface area contributed by atoms with E-state index >= 15 is 0 Å². The highest BCUT2D eigenvalue weighted by Crippen LogP contribution is 2.27. The van der Waals surface area contributed by atoms with E-state index in [1.54, 1.807) is 24.3 Å². The second-order valence-electron chi connectivity index (χ2n) is 3.63. The van der Waals surface area contributed by atoms with Crippen LogP contribution in [0.3, 0.4) is 0 Å². The molecule has 18 heavy (non-hydrogen) atoms. The standard InChI is InChI=1S/C13H9N3O2/c14-9-8-11-6-7-12(16(17)18)13(15-11)10-4-2-1-3-5-10/h1-7H,8H2. The SMILES string of the molecule is N#CCc1ccc([N+](=O)[O-])c(-c2ccccc2)n1. The molecule has 0 fully saturated rings. The Hall–Kier alpha value is -2.74. The highest BCUT2D eigenvalue weighted by atomic mass is 16.6. The maximum atomic E-state index is 11.0. The predicted octanol–water partition coefficient (Wildman–Crippen LogP) is 2.72. The number of benzene rings is 1. The van der Waals surface area contributed by atoms with E-state index in [0.29, 0.717) is 17.0 Å². The summed E-state index contributed by atoms with van der Waals surface area (Å²) in [6.45, 7) is 0. The van der Waals surface area contributed by atoms with Crippen molar-refractivity contribution in [2.24, 2.45) is 0 Å². The molecule has 1 aromatic heterocycles. The zero-order valence-corrected chi connectivity index (χ0v) is 9.41. The van der Waals surface area contributed by atoms with Gasteiger partial charge in [-0.2, -0.15) is 5.26 Å². The lowest BCUT2D eigenvalue weighted by Gasteiger charge is -2.03. The molecule has 0 amide bonds. The van der Waals surface area contributed by atoms with Gasteiger partial charge in [-0.15, -0.1) is 0 Å². The molecule has 2 aromatic rings. The summed E-state index contributed by atoms with van der Waals surface area (Å²) >= 11 is 0. The van der Waals surface area contributed by atoms with Crippen molar-refractivity contribution < 1.29 is 4.92 Å². The molecule has 0 spiro atoms. The fraction of sp³-hybridized carbons (Fsp3) is 0.0769. The minimum atomic E-state index is -0.467. The second-order valence-corrected chi connectivity index (χ2v) is 3.63. The molecule has 5 heteroatoms. The third-order valence-electron chi connectivity index (χ3n) is 2.44. The van der Waals surface area contributed by atoms with E-state index in [0.717, 1.165) is 0 Å². The fourth-order valence-corrected chi connectivity index (χ4v) is 1.63. The molecule has 0 unspecified atom stereocenters. The maximum Gasteiger partial charge on any atom is 0.295 e. The Kier molecular flexibility index (Phi) is 3.30. The van der Waals surface area contributed by atoms with E-state index in [-0.39, 0.29) is 12.1 Å². The Morgan fingerprint density at radius 1 is 1.22 bits per heavy atom. The van der Waals surface area contributed by atoms with E-state index in [1.807, 2.05) is 12.1 Å². The third-order valence-corrected chi connectivity index (χ3v) is 2.44. The Morgan fingerprint density at radius 2 is 1.94 bits per heavy atom. The van der Waals surface area contributed by atoms with E-state index in [1.165, 1.54) is 12.1 Å². The highest BCUT2D eigenvalue weighted by Gasteiger charge is 2.17. The summed E-state index contributed by atoms with van der Waals surface area (Å²) < 4.78 is 0. The molecule has 0 saturated heterocycles. The first kappa shape index (κ1) is 11.7. The number of pyridine rings is 1. The number of hydrogen-bond donors (Lipinski definition) is 0. The molecule has 0 aliphatic carbocycles. The van der Waals surface area contributed by atoms with Gasteiger partial charge in [-0.05, 0) is 6.07 Å². The summed E-state index contributed by atoms with van der Waals surface area (Å²) in [5.74, 6) is 0. The normalized spacial score (nSPS) is 9.72. The highest BCUT2D eigenvalue weighted by molar-refractivity contribution is 5.69. The van der Waals surface area contributed by atoms with Gasteiger partial charge in [-0.3, -0.25) is 10.1 Å². The first-order valence-corrected chi connectivity index (χ1v) is 5.29. The molecule has 0 N–H and O–H groups in total. The number of nitro groups is 1.